The van der Waals surface area contributed by atoms with Gasteiger partial charge in [-0.15, -0.1) is 12.6 Å². The van der Waals surface area contributed by atoms with Crippen LogP contribution in [0.15, 0.2) is 0 Å². The highest BCUT2D eigenvalue weighted by Gasteiger charge is 2.33. The van der Waals surface area contributed by atoms with Crippen LogP contribution < -0.4 is 22.5 Å². The molecule has 0 aliphatic carbocycles. The molecule has 0 aromatic heterocycles. The van der Waals surface area contributed by atoms with Gasteiger partial charge in [-0.25, -0.2) is 10.4 Å². The molecule has 0 bridgehead atoms. The predicted octanol–water partition coefficient (Wildman–Crippen LogP) is -2.90. The van der Waals surface area contributed by atoms with Gasteiger partial charge in [-0.1, -0.05) is 0 Å². The second kappa shape index (κ2) is 3.34. The highest BCUT2D eigenvalue weighted by molar-refractivity contribution is 7.80. The molecule has 0 radical (unpaired) electrons. The molecule has 2 atom stereocenters. The average Bonchev–Trinajstić information content (AvgIpc) is 2.30. The van der Waals surface area contributed by atoms with Crippen molar-refractivity contribution in [1.82, 2.24) is 20.9 Å². The first kappa shape index (κ1) is 8.71. The van der Waals surface area contributed by atoms with Crippen molar-refractivity contribution in [2.75, 3.05) is 0 Å². The molecule has 0 saturated carbocycles. The number of amides is 1. The summed E-state index contributed by atoms with van der Waals surface area (Å²) < 4.78 is 0. The summed E-state index contributed by atoms with van der Waals surface area (Å²) >= 11 is 4.01. The summed E-state index contributed by atoms with van der Waals surface area (Å²) in [7, 11) is 0. The van der Waals surface area contributed by atoms with E-state index in [0.717, 1.165) is 0 Å². The minimum atomic E-state index is -0.506. The van der Waals surface area contributed by atoms with E-state index in [1.807, 2.05) is 0 Å². The van der Waals surface area contributed by atoms with Crippen LogP contribution in [0.4, 0.5) is 0 Å². The molecule has 2 unspecified atom stereocenters. The van der Waals surface area contributed by atoms with Crippen molar-refractivity contribution < 1.29 is 4.79 Å². The van der Waals surface area contributed by atoms with Crippen molar-refractivity contribution in [3.05, 3.63) is 0 Å². The largest absolute Gasteiger partial charge is 0.277 e. The van der Waals surface area contributed by atoms with Crippen molar-refractivity contribution in [3.8, 4) is 0 Å². The van der Waals surface area contributed by atoms with Crippen molar-refractivity contribution in [2.45, 2.75) is 11.8 Å². The Hall–Kier alpha value is -0.380. The maximum absolute atomic E-state index is 10.3. The maximum atomic E-state index is 10.3. The van der Waals surface area contributed by atoms with Crippen LogP contribution in [-0.4, -0.2) is 28.2 Å². The summed E-state index contributed by atoms with van der Waals surface area (Å²) in [4.78, 5) is 10.3. The second-order valence-electron chi connectivity index (χ2n) is 2.00. The van der Waals surface area contributed by atoms with E-state index in [0.29, 0.717) is 6.41 Å². The predicted molar refractivity (Wildman–Crippen MR) is 41.0 cm³/mol. The van der Waals surface area contributed by atoms with Crippen LogP contribution in [0, 0.1) is 0 Å². The van der Waals surface area contributed by atoms with Crippen molar-refractivity contribution in [2.24, 2.45) is 11.7 Å². The Balaban J connectivity index is 2.60. The molecule has 0 spiro atoms. The lowest BCUT2D eigenvalue weighted by atomic mass is 10.8. The van der Waals surface area contributed by atoms with Gasteiger partial charge < -0.3 is 0 Å². The first-order valence-electron chi connectivity index (χ1n) is 2.87. The van der Waals surface area contributed by atoms with E-state index in [1.165, 1.54) is 10.0 Å². The van der Waals surface area contributed by atoms with Gasteiger partial charge in [0.05, 0.1) is 0 Å². The van der Waals surface area contributed by atoms with Gasteiger partial charge in [-0.2, -0.15) is 10.4 Å². The SMILES string of the molecule is NNC1NN(C=O)C(S)N1N. The average molecular weight is 178 g/mol. The first-order chi connectivity index (χ1) is 5.20. The lowest BCUT2D eigenvalue weighted by Crippen LogP contribution is -2.54. The van der Waals surface area contributed by atoms with E-state index in [1.54, 1.807) is 0 Å². The lowest BCUT2D eigenvalue weighted by Gasteiger charge is -2.18. The summed E-state index contributed by atoms with van der Waals surface area (Å²) in [6, 6.07) is 0. The van der Waals surface area contributed by atoms with Crippen LogP contribution in [0.3, 0.4) is 0 Å². The highest BCUT2D eigenvalue weighted by atomic mass is 32.1. The summed E-state index contributed by atoms with van der Waals surface area (Å²) in [6.45, 7) is 0. The summed E-state index contributed by atoms with van der Waals surface area (Å²) in [6.07, 6.45) is 0.109. The zero-order chi connectivity index (χ0) is 8.43. The van der Waals surface area contributed by atoms with E-state index in [2.05, 4.69) is 23.5 Å². The van der Waals surface area contributed by atoms with Gasteiger partial charge >= 0.3 is 0 Å². The number of carbonyl (C=O) groups is 1. The molecule has 1 fully saturated rings. The molecule has 1 aliphatic rings. The number of nitrogens with one attached hydrogen (secondary N) is 2. The van der Waals surface area contributed by atoms with E-state index in [9.17, 15) is 4.79 Å². The fraction of sp³-hybridized carbons (Fsp3) is 0.667. The Morgan fingerprint density at radius 1 is 1.73 bits per heavy atom. The molecule has 1 saturated heterocycles. The third-order valence-corrected chi connectivity index (χ3v) is 1.87. The Bertz CT molecular complexity index is 155. The highest BCUT2D eigenvalue weighted by Crippen LogP contribution is 2.10. The zero-order valence-electron chi connectivity index (χ0n) is 5.64. The van der Waals surface area contributed by atoms with E-state index >= 15 is 0 Å². The quantitative estimate of drug-likeness (QED) is 0.135. The molecule has 0 aromatic rings. The third kappa shape index (κ3) is 1.45. The number of carbonyl (C=O) groups excluding carboxylic acids is 1. The fourth-order valence-corrected chi connectivity index (χ4v) is 1.01. The minimum absolute atomic E-state index is 0.470. The van der Waals surface area contributed by atoms with Crippen LogP contribution in [0.2, 0.25) is 0 Å². The zero-order valence-corrected chi connectivity index (χ0v) is 6.53. The monoisotopic (exact) mass is 178 g/mol. The van der Waals surface area contributed by atoms with Gasteiger partial charge in [0, 0.05) is 0 Å². The molecule has 1 aliphatic heterocycles. The number of rotatable bonds is 2. The van der Waals surface area contributed by atoms with Crippen LogP contribution in [0.25, 0.3) is 0 Å². The number of hydrogen-bond acceptors (Lipinski definition) is 7. The van der Waals surface area contributed by atoms with Gasteiger partial charge in [0.2, 0.25) is 6.41 Å². The summed E-state index contributed by atoms with van der Waals surface area (Å²) in [5.41, 5.74) is 4.49. The summed E-state index contributed by atoms with van der Waals surface area (Å²) in [5, 5.41) is 2.45. The Morgan fingerprint density at radius 2 is 2.36 bits per heavy atom. The van der Waals surface area contributed by atoms with Crippen LogP contribution in [0.1, 0.15) is 0 Å². The van der Waals surface area contributed by atoms with Crippen LogP contribution in [-0.2, 0) is 4.79 Å². The Morgan fingerprint density at radius 3 is 2.64 bits per heavy atom. The maximum Gasteiger partial charge on any atom is 0.226 e. The molecule has 64 valence electrons. The second-order valence-corrected chi connectivity index (χ2v) is 2.47. The van der Waals surface area contributed by atoms with Crippen LogP contribution in [0.5, 0.6) is 0 Å². The van der Waals surface area contributed by atoms with Gasteiger partial charge in [0.1, 0.15) is 0 Å². The number of nitrogens with zero attached hydrogens (tertiary/aromatic N) is 2. The number of hydrogen-bond donors (Lipinski definition) is 5. The van der Waals surface area contributed by atoms with Crippen molar-refractivity contribution in [3.63, 3.8) is 0 Å². The molecule has 11 heavy (non-hydrogen) atoms. The molecule has 1 heterocycles. The normalized spacial score (nSPS) is 32.8. The Kier molecular flexibility index (Phi) is 2.65. The minimum Gasteiger partial charge on any atom is -0.277 e. The smallest absolute Gasteiger partial charge is 0.226 e. The molecule has 6 N–H and O–H groups in total. The molecule has 8 heteroatoms. The summed E-state index contributed by atoms with van der Waals surface area (Å²) in [5.74, 6) is 10.5. The molecule has 0 aromatic carbocycles. The van der Waals surface area contributed by atoms with E-state index in [-0.39, 0.29) is 0 Å². The van der Waals surface area contributed by atoms with E-state index < -0.39 is 11.8 Å². The number of thiol groups is 1. The molecule has 1 amide bonds. The van der Waals surface area contributed by atoms with Gasteiger partial charge in [-0.3, -0.25) is 16.5 Å². The molecule has 7 nitrogen and oxygen atoms in total. The van der Waals surface area contributed by atoms with Gasteiger partial charge in [0.15, 0.2) is 11.8 Å². The van der Waals surface area contributed by atoms with Crippen molar-refractivity contribution in [1.29, 1.82) is 0 Å². The van der Waals surface area contributed by atoms with E-state index in [4.69, 9.17) is 11.7 Å². The first-order valence-corrected chi connectivity index (χ1v) is 3.39. The number of hydrazine groups is 3. The van der Waals surface area contributed by atoms with Gasteiger partial charge in [0.25, 0.3) is 0 Å². The lowest BCUT2D eigenvalue weighted by molar-refractivity contribution is -0.120. The van der Waals surface area contributed by atoms with Crippen LogP contribution >= 0.6 is 12.6 Å². The third-order valence-electron chi connectivity index (χ3n) is 1.36. The molecular formula is C3H10N6OS. The van der Waals surface area contributed by atoms with Gasteiger partial charge in [-0.05, 0) is 0 Å². The number of nitrogens with two attached hydrogens (primary N) is 2. The van der Waals surface area contributed by atoms with Crippen molar-refractivity contribution >= 4 is 19.0 Å². The standard InChI is InChI=1S/C3H10N6OS/c4-6-2-7-8(1-10)3(11)9(2)5/h1-3,6-7,11H,4-5H2. The topological polar surface area (TPSA) is 99.6 Å². The molecule has 1 rings (SSSR count). The fourth-order valence-electron chi connectivity index (χ4n) is 0.760. The molecular weight excluding hydrogens is 168 g/mol. The Labute approximate surface area is 69.0 Å².